The van der Waals surface area contributed by atoms with E-state index in [4.69, 9.17) is 15.7 Å². The number of fused-ring (bicyclic) bond motifs is 16. The molecule has 0 N–H and O–H groups in total. The molecule has 0 aliphatic heterocycles. The van der Waals surface area contributed by atoms with E-state index in [-0.39, 0.29) is 10.8 Å². The number of methoxy groups -OCH3 is 1. The lowest BCUT2D eigenvalue weighted by atomic mass is 9.43. The number of thiophene rings is 1. The second-order valence-corrected chi connectivity index (χ2v) is 37.7. The van der Waals surface area contributed by atoms with Gasteiger partial charge in [-0.1, -0.05) is 267 Å². The van der Waals surface area contributed by atoms with Crippen LogP contribution >= 0.6 is 11.3 Å². The number of hydrogen-bond donors (Lipinski definition) is 0. The minimum absolute atomic E-state index is 0.158. The van der Waals surface area contributed by atoms with Gasteiger partial charge in [-0.25, -0.2) is 4.85 Å². The third-order valence-corrected chi connectivity index (χ3v) is 32.2. The van der Waals surface area contributed by atoms with E-state index < -0.39 is 0 Å². The van der Waals surface area contributed by atoms with Crippen molar-refractivity contribution < 1.29 is 9.15 Å². The van der Waals surface area contributed by atoms with Crippen LogP contribution in [0, 0.1) is 53.9 Å². The molecule has 2 aromatic heterocycles. The maximum absolute atomic E-state index is 7.34. The monoisotopic (exact) mass is 1560 g/mol. The molecule has 8 saturated carbocycles. The van der Waals surface area contributed by atoms with Gasteiger partial charge in [-0.2, -0.15) is 0 Å². The molecule has 10 aliphatic carbocycles. The largest absolute Gasteiger partial charge is 0.497 e. The molecule has 0 atom stereocenters. The van der Waals surface area contributed by atoms with E-state index in [1.165, 1.54) is 222 Å². The Morgan fingerprint density at radius 2 is 0.608 bits per heavy atom. The zero-order valence-corrected chi connectivity index (χ0v) is 67.9. The average molecular weight is 1560 g/mol. The summed E-state index contributed by atoms with van der Waals surface area (Å²) in [6.07, 6.45) is 14.2. The third kappa shape index (κ3) is 10.0. The van der Waals surface area contributed by atoms with Crippen LogP contribution in [0.3, 0.4) is 0 Å². The molecule has 2 spiro atoms. The molecule has 3 nitrogen and oxygen atoms in total. The molecule has 0 radical (unpaired) electrons. The van der Waals surface area contributed by atoms with Crippen LogP contribution in [-0.2, 0) is 10.8 Å². The fourth-order valence-electron chi connectivity index (χ4n) is 26.7. The molecule has 120 heavy (non-hydrogen) atoms. The van der Waals surface area contributed by atoms with Gasteiger partial charge in [0.2, 0.25) is 0 Å². The smallest absolute Gasteiger partial charge is 0.187 e. The second kappa shape index (κ2) is 26.3. The van der Waals surface area contributed by atoms with Gasteiger partial charge in [-0.15, -0.1) is 11.3 Å². The van der Waals surface area contributed by atoms with Crippen molar-refractivity contribution in [3.05, 3.63) is 361 Å². The molecular formula is C116H85NO2S. The van der Waals surface area contributed by atoms with Gasteiger partial charge in [0.05, 0.1) is 13.7 Å². The first-order valence-corrected chi connectivity index (χ1v) is 44.6. The van der Waals surface area contributed by atoms with Crippen LogP contribution in [-0.4, -0.2) is 7.11 Å². The van der Waals surface area contributed by atoms with Crippen molar-refractivity contribution in [2.24, 2.45) is 47.3 Å². The Morgan fingerprint density at radius 1 is 0.275 bits per heavy atom. The first-order chi connectivity index (χ1) is 59.3. The van der Waals surface area contributed by atoms with Gasteiger partial charge in [-0.3, -0.25) is 0 Å². The first-order valence-electron chi connectivity index (χ1n) is 43.8. The third-order valence-electron chi connectivity index (χ3n) is 31.0. The van der Waals surface area contributed by atoms with Gasteiger partial charge in [-0.05, 0) is 338 Å². The van der Waals surface area contributed by atoms with Crippen molar-refractivity contribution in [3.63, 3.8) is 0 Å². The fourth-order valence-corrected chi connectivity index (χ4v) is 27.9. The molecule has 0 amide bonds. The van der Waals surface area contributed by atoms with Crippen molar-refractivity contribution in [1.29, 1.82) is 0 Å². The van der Waals surface area contributed by atoms with E-state index in [1.54, 1.807) is 29.4 Å². The molecule has 2 heterocycles. The van der Waals surface area contributed by atoms with E-state index in [0.717, 1.165) is 80.8 Å². The summed E-state index contributed by atoms with van der Waals surface area (Å²) in [6, 6.07) is 123. The molecule has 4 heteroatoms. The summed E-state index contributed by atoms with van der Waals surface area (Å²) < 4.78 is 14.7. The fraction of sp³-hybridized carbons (Fsp3) is 0.181. The van der Waals surface area contributed by atoms with Gasteiger partial charge in [0, 0.05) is 41.8 Å². The summed E-state index contributed by atoms with van der Waals surface area (Å²) >= 11 is 1.92. The molecule has 17 aromatic carbocycles. The van der Waals surface area contributed by atoms with E-state index in [0.29, 0.717) is 5.69 Å². The van der Waals surface area contributed by atoms with E-state index >= 15 is 0 Å². The van der Waals surface area contributed by atoms with Crippen LogP contribution in [0.5, 0.6) is 5.75 Å². The lowest BCUT2D eigenvalue weighted by Crippen LogP contribution is -2.55. The minimum atomic E-state index is 0.158. The highest BCUT2D eigenvalue weighted by Crippen LogP contribution is 2.72. The summed E-state index contributed by atoms with van der Waals surface area (Å²) in [5, 5.41) is 15.0. The SMILES string of the molecule is COc1ccc(-c2c3ccccc3c(-c3ccc4oc5ccc(-c6ccc7c(c6)C6(c8ccccc8-7)C7CC8CC(C7)CC6C8)cc5c4c3)c3ccccc23)cc1.[C-]#[N+]c1ccc(-c2ccc(-c3c4ccccc4c(-c4ccc5c(c4)sc4cc(-c6ccc7c(c6)-c6ccccc6C76C7CC8CC(C7)CC6C8)ccc45)c4ccccc34)cc2)cc1. The minimum Gasteiger partial charge on any atom is -0.497 e. The number of ether oxygens (including phenoxy) is 1. The Labute approximate surface area is 703 Å². The van der Waals surface area contributed by atoms with Gasteiger partial charge in [0.1, 0.15) is 16.9 Å². The van der Waals surface area contributed by atoms with Crippen LogP contribution in [0.1, 0.15) is 86.5 Å². The number of rotatable bonds is 8. The van der Waals surface area contributed by atoms with Gasteiger partial charge in [0.25, 0.3) is 0 Å². The average Bonchev–Trinajstić information content (AvgIpc) is 1.52. The molecular weight excluding hydrogens is 1470 g/mol. The Morgan fingerprint density at radius 3 is 1.11 bits per heavy atom. The van der Waals surface area contributed by atoms with Gasteiger partial charge in [0.15, 0.2) is 5.69 Å². The zero-order valence-electron chi connectivity index (χ0n) is 67.0. The van der Waals surface area contributed by atoms with Crippen LogP contribution in [0.2, 0.25) is 0 Å². The van der Waals surface area contributed by atoms with E-state index in [1.807, 2.05) is 35.6 Å². The molecule has 19 aromatic rings. The van der Waals surface area contributed by atoms with Crippen molar-refractivity contribution in [1.82, 2.24) is 0 Å². The van der Waals surface area contributed by atoms with Crippen LogP contribution in [0.15, 0.2) is 332 Å². The van der Waals surface area contributed by atoms with E-state index in [2.05, 4.69) is 308 Å². The topological polar surface area (TPSA) is 26.7 Å². The lowest BCUT2D eigenvalue weighted by molar-refractivity contribution is -0.0399. The number of hydrogen-bond acceptors (Lipinski definition) is 3. The Balaban J connectivity index is 0.000000130. The highest BCUT2D eigenvalue weighted by atomic mass is 32.1. The predicted molar refractivity (Wildman–Crippen MR) is 500 cm³/mol. The highest BCUT2D eigenvalue weighted by molar-refractivity contribution is 7.25. The summed E-state index contributed by atoms with van der Waals surface area (Å²) in [4.78, 5) is 3.57. The molecule has 572 valence electrons. The molecule has 29 rings (SSSR count). The predicted octanol–water partition coefficient (Wildman–Crippen LogP) is 31.9. The quantitative estimate of drug-likeness (QED) is 0.112. The second-order valence-electron chi connectivity index (χ2n) is 36.7. The van der Waals surface area contributed by atoms with E-state index in [9.17, 15) is 0 Å². The summed E-state index contributed by atoms with van der Waals surface area (Å²) in [7, 11) is 1.72. The van der Waals surface area contributed by atoms with Gasteiger partial charge >= 0.3 is 0 Å². The van der Waals surface area contributed by atoms with Crippen molar-refractivity contribution in [2.75, 3.05) is 7.11 Å². The molecule has 8 fully saturated rings. The van der Waals surface area contributed by atoms with Crippen molar-refractivity contribution in [3.8, 4) is 106 Å². The molecule has 8 bridgehead atoms. The van der Waals surface area contributed by atoms with Crippen LogP contribution in [0.25, 0.3) is 190 Å². The molecule has 0 saturated heterocycles. The standard InChI is InChI=1S/C61H43NS.C55H42O2/c1-62-46-23-18-39(19-24-46)38-14-16-40(17-15-38)59-50-9-2-4-11-52(50)60(53-12-5-3-10-51(53)59)43-21-26-49-48-25-20-42(34-57(48)63-58(49)35-43)41-22-27-56-54(33-41)47-8-6-7-13-55(47)61(56)44-29-36-28-37(31-44)32-45(61)30-36;1-56-40-19-14-34(15-20-40)53-43-9-2-4-11-45(43)54(46-12-5-3-10-44(46)53)37-18-23-52-48(30-37)47-29-35(17-22-51(47)57-52)36-16-21-42-41-8-6-7-13-49(41)55(50(42)31-36)38-25-32-24-33(27-38)28-39(55)26-32/h2-27,33-37,44-45H,28-32H2;2-23,29-33,38-39H,24-28H2,1H3. The highest BCUT2D eigenvalue weighted by Gasteiger charge is 2.63. The summed E-state index contributed by atoms with van der Waals surface area (Å²) in [6.45, 7) is 7.34. The Kier molecular flexibility index (Phi) is 15.1. The van der Waals surface area contributed by atoms with Crippen molar-refractivity contribution >= 4 is 102 Å². The zero-order chi connectivity index (χ0) is 78.8. The number of furan rings is 1. The number of nitrogens with zero attached hydrogens (tertiary/aromatic N) is 1. The lowest BCUT2D eigenvalue weighted by Gasteiger charge is -2.61. The maximum Gasteiger partial charge on any atom is 0.187 e. The van der Waals surface area contributed by atoms with Gasteiger partial charge < -0.3 is 9.15 Å². The summed E-state index contributed by atoms with van der Waals surface area (Å²) in [5.41, 5.74) is 32.6. The van der Waals surface area contributed by atoms with Crippen LogP contribution < -0.4 is 4.74 Å². The Hall–Kier alpha value is -12.9. The summed E-state index contributed by atoms with van der Waals surface area (Å²) in [5.74, 6) is 7.71. The molecule has 0 unspecified atom stereocenters. The normalized spacial score (nSPS) is 22.3. The first kappa shape index (κ1) is 69.1. The molecule has 10 aliphatic rings. The number of benzene rings is 17. The van der Waals surface area contributed by atoms with Crippen LogP contribution in [0.4, 0.5) is 5.69 Å². The maximum atomic E-state index is 7.34. The Bertz CT molecular complexity index is 7440. The van der Waals surface area contributed by atoms with Crippen molar-refractivity contribution in [2.45, 2.75) is 75.0 Å².